The summed E-state index contributed by atoms with van der Waals surface area (Å²) in [6.45, 7) is 4.83. The number of nitrogens with zero attached hydrogens (tertiary/aromatic N) is 1. The number of aliphatic imine (C=N–C) groups is 1. The van der Waals surface area contributed by atoms with E-state index in [0.717, 1.165) is 16.7 Å². The third-order valence-corrected chi connectivity index (χ3v) is 6.95. The van der Waals surface area contributed by atoms with Crippen molar-refractivity contribution in [3.63, 3.8) is 0 Å². The molecule has 6 nitrogen and oxygen atoms in total. The van der Waals surface area contributed by atoms with Crippen LogP contribution in [0, 0.1) is 6.92 Å². The molecule has 0 bridgehead atoms. The Morgan fingerprint density at radius 2 is 1.74 bits per heavy atom. The van der Waals surface area contributed by atoms with Gasteiger partial charge in [-0.15, -0.1) is 0 Å². The van der Waals surface area contributed by atoms with Gasteiger partial charge in [-0.3, -0.25) is 4.79 Å². The van der Waals surface area contributed by atoms with Crippen LogP contribution in [0.15, 0.2) is 88.8 Å². The second-order valence-corrected chi connectivity index (χ2v) is 9.75. The van der Waals surface area contributed by atoms with Gasteiger partial charge in [0.1, 0.15) is 18.0 Å². The van der Waals surface area contributed by atoms with Crippen molar-refractivity contribution in [2.45, 2.75) is 20.5 Å². The SMILES string of the molecule is CCOc1cc(/C=C2\SC(=Nc3cc(C)ccc3OC)NC2=O)ccc1OCc1cccc2ccccc12. The monoisotopic (exact) mass is 524 g/mol. The molecule has 0 aliphatic carbocycles. The van der Waals surface area contributed by atoms with Gasteiger partial charge >= 0.3 is 0 Å². The lowest BCUT2D eigenvalue weighted by molar-refractivity contribution is -0.115. The average Bonchev–Trinajstić information content (AvgIpc) is 3.26. The van der Waals surface area contributed by atoms with Crippen LogP contribution in [-0.2, 0) is 11.4 Å². The summed E-state index contributed by atoms with van der Waals surface area (Å²) in [6, 6.07) is 25.9. The highest BCUT2D eigenvalue weighted by molar-refractivity contribution is 8.18. The van der Waals surface area contributed by atoms with Crippen molar-refractivity contribution in [3.8, 4) is 17.2 Å². The van der Waals surface area contributed by atoms with Gasteiger partial charge in [0.2, 0.25) is 0 Å². The van der Waals surface area contributed by atoms with E-state index in [4.69, 9.17) is 14.2 Å². The topological polar surface area (TPSA) is 69.2 Å². The van der Waals surface area contributed by atoms with Gasteiger partial charge in [-0.1, -0.05) is 54.6 Å². The Hall–Kier alpha value is -4.23. The highest BCUT2D eigenvalue weighted by Crippen LogP contribution is 2.35. The Labute approximate surface area is 226 Å². The van der Waals surface area contributed by atoms with Crippen LogP contribution in [0.5, 0.6) is 17.2 Å². The van der Waals surface area contributed by atoms with Crippen LogP contribution >= 0.6 is 11.8 Å². The van der Waals surface area contributed by atoms with Gasteiger partial charge in [0, 0.05) is 0 Å². The average molecular weight is 525 g/mol. The van der Waals surface area contributed by atoms with Crippen LogP contribution < -0.4 is 19.5 Å². The molecule has 0 aromatic heterocycles. The van der Waals surface area contributed by atoms with Crippen LogP contribution in [0.1, 0.15) is 23.6 Å². The third kappa shape index (κ3) is 5.68. The molecular formula is C31H28N2O4S. The van der Waals surface area contributed by atoms with Crippen molar-refractivity contribution in [1.82, 2.24) is 5.32 Å². The smallest absolute Gasteiger partial charge is 0.264 e. The van der Waals surface area contributed by atoms with Crippen molar-refractivity contribution in [2.75, 3.05) is 13.7 Å². The Morgan fingerprint density at radius 1 is 0.921 bits per heavy atom. The van der Waals surface area contributed by atoms with E-state index in [9.17, 15) is 4.79 Å². The van der Waals surface area contributed by atoms with Crippen molar-refractivity contribution in [2.24, 2.45) is 4.99 Å². The maximum Gasteiger partial charge on any atom is 0.264 e. The van der Waals surface area contributed by atoms with Gasteiger partial charge in [0.15, 0.2) is 16.7 Å². The zero-order valence-corrected chi connectivity index (χ0v) is 22.3. The fourth-order valence-electron chi connectivity index (χ4n) is 4.20. The fraction of sp³-hybridized carbons (Fsp3) is 0.161. The van der Waals surface area contributed by atoms with Gasteiger partial charge in [-0.05, 0) is 83.4 Å². The number of carbonyl (C=O) groups excluding carboxylic acids is 1. The molecule has 0 spiro atoms. The number of methoxy groups -OCH3 is 1. The molecular weight excluding hydrogens is 496 g/mol. The zero-order valence-electron chi connectivity index (χ0n) is 21.5. The molecule has 0 saturated carbocycles. The Bertz CT molecular complexity index is 1560. The molecule has 0 radical (unpaired) electrons. The Balaban J connectivity index is 1.36. The summed E-state index contributed by atoms with van der Waals surface area (Å²) >= 11 is 1.29. The van der Waals surface area contributed by atoms with Crippen molar-refractivity contribution in [3.05, 3.63) is 100 Å². The van der Waals surface area contributed by atoms with E-state index in [1.165, 1.54) is 22.5 Å². The van der Waals surface area contributed by atoms with E-state index in [1.807, 2.05) is 74.5 Å². The van der Waals surface area contributed by atoms with Gasteiger partial charge in [0.05, 0.1) is 18.6 Å². The molecule has 0 unspecified atom stereocenters. The first-order chi connectivity index (χ1) is 18.5. The first-order valence-electron chi connectivity index (χ1n) is 12.3. The fourth-order valence-corrected chi connectivity index (χ4v) is 5.04. The number of hydrogen-bond donors (Lipinski definition) is 1. The lowest BCUT2D eigenvalue weighted by atomic mass is 10.1. The van der Waals surface area contributed by atoms with E-state index in [0.29, 0.717) is 46.2 Å². The first kappa shape index (κ1) is 25.4. The second kappa shape index (κ2) is 11.4. The number of benzene rings is 4. The molecule has 38 heavy (non-hydrogen) atoms. The highest BCUT2D eigenvalue weighted by Gasteiger charge is 2.24. The number of hydrogen-bond acceptors (Lipinski definition) is 6. The maximum absolute atomic E-state index is 12.7. The number of nitrogens with one attached hydrogen (secondary N) is 1. The third-order valence-electron chi connectivity index (χ3n) is 6.04. The molecule has 4 aromatic carbocycles. The van der Waals surface area contributed by atoms with E-state index in [-0.39, 0.29) is 5.91 Å². The summed E-state index contributed by atoms with van der Waals surface area (Å²) in [5, 5.41) is 5.69. The predicted molar refractivity (Wildman–Crippen MR) is 154 cm³/mol. The Morgan fingerprint density at radius 3 is 2.58 bits per heavy atom. The molecule has 0 atom stereocenters. The summed E-state index contributed by atoms with van der Waals surface area (Å²) in [5.41, 5.74) is 3.66. The van der Waals surface area contributed by atoms with Crippen molar-refractivity contribution < 1.29 is 19.0 Å². The normalized spacial score (nSPS) is 15.2. The minimum absolute atomic E-state index is 0.199. The van der Waals surface area contributed by atoms with Crippen LogP contribution in [0.3, 0.4) is 0 Å². The maximum atomic E-state index is 12.7. The van der Waals surface area contributed by atoms with Crippen LogP contribution in [0.25, 0.3) is 16.8 Å². The summed E-state index contributed by atoms with van der Waals surface area (Å²) in [7, 11) is 1.60. The predicted octanol–water partition coefficient (Wildman–Crippen LogP) is 7.03. The lowest BCUT2D eigenvalue weighted by Crippen LogP contribution is -2.19. The molecule has 1 heterocycles. The van der Waals surface area contributed by atoms with E-state index >= 15 is 0 Å². The standard InChI is InChI=1S/C31H28N2O4S/c1-4-36-28-17-21(13-15-27(28)37-19-23-10-7-9-22-8-5-6-11-24(22)23)18-29-30(34)33-31(38-29)32-25-16-20(2)12-14-26(25)35-3/h5-18H,4,19H2,1-3H3,(H,32,33,34)/b29-18-. The first-order valence-corrected chi connectivity index (χ1v) is 13.2. The van der Waals surface area contributed by atoms with E-state index < -0.39 is 0 Å². The van der Waals surface area contributed by atoms with Crippen molar-refractivity contribution >= 4 is 45.4 Å². The highest BCUT2D eigenvalue weighted by atomic mass is 32.2. The molecule has 1 fully saturated rings. The molecule has 1 amide bonds. The molecule has 4 aromatic rings. The summed E-state index contributed by atoms with van der Waals surface area (Å²) in [4.78, 5) is 17.8. The number of aryl methyl sites for hydroxylation is 1. The molecule has 7 heteroatoms. The van der Waals surface area contributed by atoms with Crippen LogP contribution in [-0.4, -0.2) is 24.8 Å². The van der Waals surface area contributed by atoms with E-state index in [2.05, 4.69) is 34.6 Å². The molecule has 5 rings (SSSR count). The largest absolute Gasteiger partial charge is 0.494 e. The number of rotatable bonds is 8. The Kier molecular flexibility index (Phi) is 7.65. The number of thioether (sulfide) groups is 1. The van der Waals surface area contributed by atoms with Gasteiger partial charge in [-0.25, -0.2) is 4.99 Å². The number of amides is 1. The number of amidine groups is 1. The zero-order chi connectivity index (χ0) is 26.5. The minimum atomic E-state index is -0.199. The summed E-state index contributed by atoms with van der Waals surface area (Å²) < 4.78 is 17.5. The van der Waals surface area contributed by atoms with Crippen molar-refractivity contribution in [1.29, 1.82) is 0 Å². The molecule has 1 N–H and O–H groups in total. The minimum Gasteiger partial charge on any atom is -0.494 e. The molecule has 1 aliphatic heterocycles. The molecule has 192 valence electrons. The second-order valence-electron chi connectivity index (χ2n) is 8.72. The summed E-state index contributed by atoms with van der Waals surface area (Å²) in [5.74, 6) is 1.73. The number of carbonyl (C=O) groups is 1. The molecule has 1 aliphatic rings. The van der Waals surface area contributed by atoms with Crippen LogP contribution in [0.2, 0.25) is 0 Å². The number of fused-ring (bicyclic) bond motifs is 1. The van der Waals surface area contributed by atoms with E-state index in [1.54, 1.807) is 7.11 Å². The van der Waals surface area contributed by atoms with Crippen LogP contribution in [0.4, 0.5) is 5.69 Å². The van der Waals surface area contributed by atoms with Gasteiger partial charge in [0.25, 0.3) is 5.91 Å². The number of ether oxygens (including phenoxy) is 3. The summed E-state index contributed by atoms with van der Waals surface area (Å²) in [6.07, 6.45) is 1.83. The molecule has 1 saturated heterocycles. The lowest BCUT2D eigenvalue weighted by Gasteiger charge is -2.14. The quantitative estimate of drug-likeness (QED) is 0.251. The van der Waals surface area contributed by atoms with Gasteiger partial charge < -0.3 is 19.5 Å². The van der Waals surface area contributed by atoms with Gasteiger partial charge in [-0.2, -0.15) is 0 Å².